The van der Waals surface area contributed by atoms with Crippen LogP contribution in [0.15, 0.2) is 42.5 Å². The predicted molar refractivity (Wildman–Crippen MR) is 134 cm³/mol. The van der Waals surface area contributed by atoms with E-state index in [2.05, 4.69) is 21.9 Å². The van der Waals surface area contributed by atoms with Gasteiger partial charge in [-0.25, -0.2) is 13.8 Å². The lowest BCUT2D eigenvalue weighted by molar-refractivity contribution is 0.143. The average molecular weight is 496 g/mol. The van der Waals surface area contributed by atoms with E-state index >= 15 is 0 Å². The van der Waals surface area contributed by atoms with Crippen molar-refractivity contribution in [2.75, 3.05) is 5.73 Å². The molecule has 0 aliphatic rings. The maximum Gasteiger partial charge on any atom is 0.154 e. The van der Waals surface area contributed by atoms with E-state index in [4.69, 9.17) is 23.1 Å². The monoisotopic (exact) mass is 495 g/mol. The van der Waals surface area contributed by atoms with Crippen LogP contribution in [0.1, 0.15) is 36.8 Å². The van der Waals surface area contributed by atoms with Crippen molar-refractivity contribution in [3.8, 4) is 23.0 Å². The van der Waals surface area contributed by atoms with Crippen molar-refractivity contribution in [3.05, 3.63) is 76.1 Å². The number of aromatic nitrogens is 3. The number of rotatable bonds is 4. The number of hydrogen-bond acceptors (Lipinski definition) is 5. The molecule has 0 spiro atoms. The summed E-state index contributed by atoms with van der Waals surface area (Å²) in [7, 11) is 1.75. The Morgan fingerprint density at radius 2 is 1.77 bits per heavy atom. The van der Waals surface area contributed by atoms with Crippen LogP contribution in [-0.4, -0.2) is 25.5 Å². The number of hydrogen-bond donors (Lipinski definition) is 3. The minimum absolute atomic E-state index is 0.126. The summed E-state index contributed by atoms with van der Waals surface area (Å²) in [6.45, 7) is 3.13. The molecule has 0 radical (unpaired) electrons. The fraction of sp³-hybridized carbons (Fsp3) is 0.231. The lowest BCUT2D eigenvalue weighted by Crippen LogP contribution is -2.17. The molecule has 2 heterocycles. The highest BCUT2D eigenvalue weighted by Crippen LogP contribution is 2.38. The molecule has 9 heteroatoms. The molecule has 0 aliphatic heterocycles. The van der Waals surface area contributed by atoms with Gasteiger partial charge in [0.2, 0.25) is 0 Å². The molecule has 5 N–H and O–H groups in total. The molecule has 4 aromatic rings. The Kier molecular flexibility index (Phi) is 6.52. The summed E-state index contributed by atoms with van der Waals surface area (Å²) in [6, 6.07) is 9.63. The Hall–Kier alpha value is -3.51. The van der Waals surface area contributed by atoms with Gasteiger partial charge < -0.3 is 16.6 Å². The zero-order valence-electron chi connectivity index (χ0n) is 19.4. The molecule has 6 nitrogen and oxygen atoms in total. The zero-order chi connectivity index (χ0) is 25.5. The summed E-state index contributed by atoms with van der Waals surface area (Å²) in [6.07, 6.45) is 0.126. The molecule has 0 amide bonds. The minimum Gasteiger partial charge on any atom is -0.382 e. The first-order chi connectivity index (χ1) is 16.4. The van der Waals surface area contributed by atoms with Crippen LogP contribution in [0, 0.1) is 23.5 Å². The summed E-state index contributed by atoms with van der Waals surface area (Å²) in [5.74, 6) is 4.51. The molecule has 0 saturated heterocycles. The van der Waals surface area contributed by atoms with Gasteiger partial charge in [-0.05, 0) is 62.1 Å². The van der Waals surface area contributed by atoms with Gasteiger partial charge in [-0.1, -0.05) is 23.6 Å². The van der Waals surface area contributed by atoms with E-state index in [-0.39, 0.29) is 12.2 Å². The van der Waals surface area contributed by atoms with Crippen LogP contribution in [0.3, 0.4) is 0 Å². The van der Waals surface area contributed by atoms with Gasteiger partial charge in [0.1, 0.15) is 22.9 Å². The number of aliphatic hydroxyl groups is 1. The molecule has 2 aromatic heterocycles. The number of benzene rings is 2. The third kappa shape index (κ3) is 5.28. The van der Waals surface area contributed by atoms with Gasteiger partial charge in [0.05, 0.1) is 27.7 Å². The van der Waals surface area contributed by atoms with Gasteiger partial charge in [-0.3, -0.25) is 4.68 Å². The number of nitrogens with two attached hydrogens (primary N) is 2. The fourth-order valence-corrected chi connectivity index (χ4v) is 4.23. The molecule has 0 fully saturated rings. The Balaban J connectivity index is 1.90. The fourth-order valence-electron chi connectivity index (χ4n) is 3.98. The molecule has 0 bridgehead atoms. The largest absolute Gasteiger partial charge is 0.382 e. The Morgan fingerprint density at radius 3 is 2.43 bits per heavy atom. The molecule has 35 heavy (non-hydrogen) atoms. The van der Waals surface area contributed by atoms with Crippen LogP contribution in [0.5, 0.6) is 0 Å². The maximum atomic E-state index is 13.8. The lowest BCUT2D eigenvalue weighted by atomic mass is 9.94. The van der Waals surface area contributed by atoms with Gasteiger partial charge in [-0.15, -0.1) is 0 Å². The molecular weight excluding hydrogens is 472 g/mol. The standard InChI is InChI=1S/C26H24ClF2N5O/c1-26(2,35)9-8-17-4-5-18(19-6-7-20(27)22-24(19)34(3)33-25(22)31)23(32-17)21(30)12-14-10-15(28)13-16(29)11-14/h4-7,10-11,13,21,35H,12,30H2,1-3H3,(H2,31,33)/t21-/m0/s1. The van der Waals surface area contributed by atoms with Crippen molar-refractivity contribution in [2.24, 2.45) is 12.8 Å². The molecule has 2 aromatic carbocycles. The molecule has 4 rings (SSSR count). The summed E-state index contributed by atoms with van der Waals surface area (Å²) in [5, 5.41) is 15.3. The highest BCUT2D eigenvalue weighted by molar-refractivity contribution is 6.37. The number of pyridine rings is 1. The second-order valence-electron chi connectivity index (χ2n) is 8.85. The topological polar surface area (TPSA) is 103 Å². The maximum absolute atomic E-state index is 13.8. The number of aryl methyl sites for hydroxylation is 1. The first kappa shape index (κ1) is 24.6. The van der Waals surface area contributed by atoms with E-state index in [1.165, 1.54) is 12.1 Å². The van der Waals surface area contributed by atoms with Crippen LogP contribution in [0.2, 0.25) is 5.02 Å². The zero-order valence-corrected chi connectivity index (χ0v) is 20.2. The summed E-state index contributed by atoms with van der Waals surface area (Å²) < 4.78 is 29.2. The van der Waals surface area contributed by atoms with Gasteiger partial charge in [0, 0.05) is 24.2 Å². The third-order valence-electron chi connectivity index (χ3n) is 5.41. The Labute approximate surface area is 206 Å². The predicted octanol–water partition coefficient (Wildman–Crippen LogP) is 4.51. The van der Waals surface area contributed by atoms with Gasteiger partial charge in [-0.2, -0.15) is 5.10 Å². The van der Waals surface area contributed by atoms with Crippen LogP contribution in [0.25, 0.3) is 22.0 Å². The van der Waals surface area contributed by atoms with Gasteiger partial charge in [0.25, 0.3) is 0 Å². The summed E-state index contributed by atoms with van der Waals surface area (Å²) in [4.78, 5) is 4.67. The Bertz CT molecular complexity index is 1480. The molecular formula is C26H24ClF2N5O. The summed E-state index contributed by atoms with van der Waals surface area (Å²) in [5.41, 5.74) is 14.8. The van der Waals surface area contributed by atoms with Crippen molar-refractivity contribution in [1.29, 1.82) is 0 Å². The molecule has 0 unspecified atom stereocenters. The van der Waals surface area contributed by atoms with Gasteiger partial charge >= 0.3 is 0 Å². The van der Waals surface area contributed by atoms with E-state index in [9.17, 15) is 13.9 Å². The van der Waals surface area contributed by atoms with Crippen molar-refractivity contribution in [1.82, 2.24) is 14.8 Å². The number of halogens is 3. The summed E-state index contributed by atoms with van der Waals surface area (Å²) >= 11 is 6.40. The smallest absolute Gasteiger partial charge is 0.154 e. The normalized spacial score (nSPS) is 12.5. The van der Waals surface area contributed by atoms with Crippen LogP contribution >= 0.6 is 11.6 Å². The van der Waals surface area contributed by atoms with Crippen molar-refractivity contribution >= 4 is 28.3 Å². The Morgan fingerprint density at radius 1 is 1.11 bits per heavy atom. The van der Waals surface area contributed by atoms with E-state index in [0.717, 1.165) is 11.6 Å². The molecule has 0 saturated carbocycles. The molecule has 0 aliphatic carbocycles. The first-order valence-corrected chi connectivity index (χ1v) is 11.2. The van der Waals surface area contributed by atoms with Crippen molar-refractivity contribution < 1.29 is 13.9 Å². The highest BCUT2D eigenvalue weighted by atomic mass is 35.5. The number of anilines is 1. The SMILES string of the molecule is Cn1nc(N)c2c(Cl)ccc(-c3ccc(C#CC(C)(C)O)nc3[C@@H](N)Cc3cc(F)cc(F)c3)c21. The lowest BCUT2D eigenvalue weighted by Gasteiger charge is -2.18. The second kappa shape index (κ2) is 9.27. The van der Waals surface area contributed by atoms with Crippen molar-refractivity contribution in [3.63, 3.8) is 0 Å². The minimum atomic E-state index is -1.21. The number of nitrogens with zero attached hydrogens (tertiary/aromatic N) is 3. The van der Waals surface area contributed by atoms with E-state index in [1.54, 1.807) is 37.7 Å². The first-order valence-electron chi connectivity index (χ1n) is 10.8. The second-order valence-corrected chi connectivity index (χ2v) is 9.26. The van der Waals surface area contributed by atoms with E-state index < -0.39 is 23.3 Å². The van der Waals surface area contributed by atoms with Crippen LogP contribution in [0.4, 0.5) is 14.6 Å². The average Bonchev–Trinajstić information content (AvgIpc) is 3.06. The number of fused-ring (bicyclic) bond motifs is 1. The molecule has 1 atom stereocenters. The van der Waals surface area contributed by atoms with Crippen molar-refractivity contribution in [2.45, 2.75) is 31.9 Å². The number of nitrogen functional groups attached to an aromatic ring is 1. The third-order valence-corrected chi connectivity index (χ3v) is 5.72. The van der Waals surface area contributed by atoms with Gasteiger partial charge in [0.15, 0.2) is 5.82 Å². The van der Waals surface area contributed by atoms with Crippen LogP contribution in [-0.2, 0) is 13.5 Å². The quantitative estimate of drug-likeness (QED) is 0.361. The van der Waals surface area contributed by atoms with Crippen LogP contribution < -0.4 is 11.5 Å². The molecule has 180 valence electrons. The highest BCUT2D eigenvalue weighted by Gasteiger charge is 2.21. The van der Waals surface area contributed by atoms with E-state index in [0.29, 0.717) is 38.4 Å². The van der Waals surface area contributed by atoms with E-state index in [1.807, 2.05) is 12.1 Å².